The Balaban J connectivity index is 2.71. The van der Waals surface area contributed by atoms with Crippen LogP contribution in [0.15, 0.2) is 22.7 Å². The molecule has 0 heterocycles. The molecule has 0 unspecified atom stereocenters. The molecule has 0 spiro atoms. The second kappa shape index (κ2) is 6.68. The van der Waals surface area contributed by atoms with Gasteiger partial charge in [-0.15, -0.1) is 0 Å². The lowest BCUT2D eigenvalue weighted by Gasteiger charge is -2.12. The Morgan fingerprint density at radius 3 is 2.68 bits per heavy atom. The Hall–Kier alpha value is -1.39. The predicted octanol–water partition coefficient (Wildman–Crippen LogP) is 3.47. The first-order valence-corrected chi connectivity index (χ1v) is 5.96. The number of nitriles is 1. The van der Waals surface area contributed by atoms with E-state index in [4.69, 9.17) is 10.00 Å². The van der Waals surface area contributed by atoms with E-state index in [9.17, 15) is 18.0 Å². The van der Waals surface area contributed by atoms with Crippen molar-refractivity contribution in [1.29, 1.82) is 5.26 Å². The molecule has 3 nitrogen and oxygen atoms in total. The van der Waals surface area contributed by atoms with Crippen LogP contribution in [0.5, 0.6) is 0 Å². The number of Topliss-reactive ketones (excluding diaryl/α,β-unsaturated/α-hetero) is 1. The number of carbonyl (C=O) groups is 1. The van der Waals surface area contributed by atoms with Crippen molar-refractivity contribution in [2.75, 3.05) is 6.61 Å². The monoisotopic (exact) mass is 335 g/mol. The van der Waals surface area contributed by atoms with Crippen molar-refractivity contribution in [2.24, 2.45) is 0 Å². The van der Waals surface area contributed by atoms with Crippen molar-refractivity contribution < 1.29 is 22.7 Å². The Morgan fingerprint density at radius 2 is 2.11 bits per heavy atom. The van der Waals surface area contributed by atoms with Crippen molar-refractivity contribution in [3.8, 4) is 6.07 Å². The molecule has 0 N–H and O–H groups in total. The summed E-state index contributed by atoms with van der Waals surface area (Å²) in [5.74, 6) is -0.411. The van der Waals surface area contributed by atoms with Crippen molar-refractivity contribution in [1.82, 2.24) is 0 Å². The molecule has 0 amide bonds. The first kappa shape index (κ1) is 15.7. The first-order chi connectivity index (χ1) is 8.86. The molecular weight excluding hydrogens is 327 g/mol. The van der Waals surface area contributed by atoms with Crippen molar-refractivity contribution in [3.05, 3.63) is 33.8 Å². The number of hydrogen-bond acceptors (Lipinski definition) is 3. The van der Waals surface area contributed by atoms with Gasteiger partial charge >= 0.3 is 6.18 Å². The van der Waals surface area contributed by atoms with Crippen LogP contribution in [0, 0.1) is 11.3 Å². The van der Waals surface area contributed by atoms with Crippen LogP contribution in [-0.2, 0) is 22.3 Å². The summed E-state index contributed by atoms with van der Waals surface area (Å²) in [4.78, 5) is 11.0. The standard InChI is InChI=1S/C12H9BrF3NO2/c13-11-8(6-19-7-9(18)4-5-17)2-1-3-10(11)12(14,15)16/h1-3H,4,6-7H2. The van der Waals surface area contributed by atoms with Crippen molar-refractivity contribution in [2.45, 2.75) is 19.2 Å². The number of nitrogens with zero attached hydrogens (tertiary/aromatic N) is 1. The van der Waals surface area contributed by atoms with Gasteiger partial charge in [0.2, 0.25) is 0 Å². The van der Waals surface area contributed by atoms with Gasteiger partial charge in [-0.05, 0) is 27.6 Å². The maximum Gasteiger partial charge on any atom is 0.417 e. The minimum Gasteiger partial charge on any atom is -0.369 e. The first-order valence-electron chi connectivity index (χ1n) is 5.17. The number of ketones is 1. The van der Waals surface area contributed by atoms with E-state index in [2.05, 4.69) is 15.9 Å². The smallest absolute Gasteiger partial charge is 0.369 e. The zero-order valence-corrected chi connectivity index (χ0v) is 11.2. The topological polar surface area (TPSA) is 50.1 Å². The summed E-state index contributed by atoms with van der Waals surface area (Å²) in [5.41, 5.74) is -0.503. The van der Waals surface area contributed by atoms with Crippen LogP contribution in [0.2, 0.25) is 0 Å². The fraction of sp³-hybridized carbons (Fsp3) is 0.333. The minimum absolute atomic E-state index is 0.102. The Morgan fingerprint density at radius 1 is 1.42 bits per heavy atom. The van der Waals surface area contributed by atoms with Gasteiger partial charge in [0.25, 0.3) is 0 Å². The molecule has 0 atom stereocenters. The Kier molecular flexibility index (Phi) is 5.51. The summed E-state index contributed by atoms with van der Waals surface area (Å²) < 4.78 is 42.7. The number of hydrogen-bond donors (Lipinski definition) is 0. The molecule has 0 bridgehead atoms. The Bertz CT molecular complexity index is 509. The van der Waals surface area contributed by atoms with Gasteiger partial charge in [0.15, 0.2) is 5.78 Å². The van der Waals surface area contributed by atoms with E-state index in [-0.39, 0.29) is 24.1 Å². The SMILES string of the molecule is N#CCC(=O)COCc1cccc(C(F)(F)F)c1Br. The molecule has 1 aromatic carbocycles. The normalized spacial score (nSPS) is 11.1. The van der Waals surface area contributed by atoms with Gasteiger partial charge in [0, 0.05) is 4.47 Å². The third-order valence-corrected chi connectivity index (χ3v) is 3.12. The molecule has 1 aromatic rings. The highest BCUT2D eigenvalue weighted by Gasteiger charge is 2.33. The van der Waals surface area contributed by atoms with Crippen molar-refractivity contribution >= 4 is 21.7 Å². The number of carbonyl (C=O) groups excluding carboxylic acids is 1. The molecule has 0 aliphatic rings. The van der Waals surface area contributed by atoms with Gasteiger partial charge in [0.1, 0.15) is 6.61 Å². The molecule has 0 saturated carbocycles. The lowest BCUT2D eigenvalue weighted by atomic mass is 10.1. The number of halogens is 4. The molecule has 1 rings (SSSR count). The molecule has 0 saturated heterocycles. The van der Waals surface area contributed by atoms with Gasteiger partial charge in [-0.3, -0.25) is 4.79 Å². The van der Waals surface area contributed by atoms with E-state index in [1.165, 1.54) is 12.1 Å². The lowest BCUT2D eigenvalue weighted by molar-refractivity contribution is -0.138. The van der Waals surface area contributed by atoms with Gasteiger partial charge in [0.05, 0.1) is 24.7 Å². The Labute approximate surface area is 116 Å². The van der Waals surface area contributed by atoms with Crippen LogP contribution in [-0.4, -0.2) is 12.4 Å². The van der Waals surface area contributed by atoms with Crippen LogP contribution in [0.4, 0.5) is 13.2 Å². The predicted molar refractivity (Wildman–Crippen MR) is 64.0 cm³/mol. The van der Waals surface area contributed by atoms with E-state index in [0.717, 1.165) is 6.07 Å². The quantitative estimate of drug-likeness (QED) is 0.827. The van der Waals surface area contributed by atoms with Crippen LogP contribution in [0.25, 0.3) is 0 Å². The minimum atomic E-state index is -4.45. The summed E-state index contributed by atoms with van der Waals surface area (Å²) >= 11 is 2.88. The van der Waals surface area contributed by atoms with E-state index in [1.54, 1.807) is 6.07 Å². The number of rotatable bonds is 5. The molecule has 102 valence electrons. The molecule has 0 fully saturated rings. The number of alkyl halides is 3. The van der Waals surface area contributed by atoms with Gasteiger partial charge in [-0.25, -0.2) is 0 Å². The highest BCUT2D eigenvalue weighted by molar-refractivity contribution is 9.10. The summed E-state index contributed by atoms with van der Waals surface area (Å²) in [5, 5.41) is 8.26. The van der Waals surface area contributed by atoms with E-state index < -0.39 is 17.5 Å². The largest absolute Gasteiger partial charge is 0.417 e. The lowest BCUT2D eigenvalue weighted by Crippen LogP contribution is -2.10. The summed E-state index contributed by atoms with van der Waals surface area (Å²) in [6, 6.07) is 5.36. The third kappa shape index (κ3) is 4.65. The summed E-state index contributed by atoms with van der Waals surface area (Å²) in [6.45, 7) is -0.433. The number of benzene rings is 1. The van der Waals surface area contributed by atoms with Crippen LogP contribution >= 0.6 is 15.9 Å². The van der Waals surface area contributed by atoms with Crippen LogP contribution in [0.3, 0.4) is 0 Å². The van der Waals surface area contributed by atoms with Crippen LogP contribution in [0.1, 0.15) is 17.5 Å². The maximum atomic E-state index is 12.6. The summed E-state index contributed by atoms with van der Waals surface area (Å²) in [7, 11) is 0. The van der Waals surface area contributed by atoms with E-state index in [0.29, 0.717) is 5.56 Å². The second-order valence-corrected chi connectivity index (χ2v) is 4.44. The second-order valence-electron chi connectivity index (χ2n) is 3.64. The third-order valence-electron chi connectivity index (χ3n) is 2.18. The molecule has 0 aliphatic carbocycles. The van der Waals surface area contributed by atoms with E-state index in [1.807, 2.05) is 0 Å². The van der Waals surface area contributed by atoms with Gasteiger partial charge in [-0.2, -0.15) is 18.4 Å². The molecule has 7 heteroatoms. The highest BCUT2D eigenvalue weighted by Crippen LogP contribution is 2.36. The highest BCUT2D eigenvalue weighted by atomic mass is 79.9. The van der Waals surface area contributed by atoms with Crippen LogP contribution < -0.4 is 0 Å². The van der Waals surface area contributed by atoms with Gasteiger partial charge < -0.3 is 4.74 Å². The zero-order chi connectivity index (χ0) is 14.5. The maximum absolute atomic E-state index is 12.6. The van der Waals surface area contributed by atoms with E-state index >= 15 is 0 Å². The fourth-order valence-electron chi connectivity index (χ4n) is 1.32. The molecular formula is C12H9BrF3NO2. The van der Waals surface area contributed by atoms with Crippen molar-refractivity contribution in [3.63, 3.8) is 0 Å². The number of ether oxygens (including phenoxy) is 1. The molecule has 19 heavy (non-hydrogen) atoms. The molecule has 0 aliphatic heterocycles. The molecule has 0 aromatic heterocycles. The average molecular weight is 336 g/mol. The summed E-state index contributed by atoms with van der Waals surface area (Å²) in [6.07, 6.45) is -4.73. The van der Waals surface area contributed by atoms with Gasteiger partial charge in [-0.1, -0.05) is 12.1 Å². The fourth-order valence-corrected chi connectivity index (χ4v) is 1.93. The molecule has 0 radical (unpaired) electrons. The average Bonchev–Trinajstić information content (AvgIpc) is 2.30. The zero-order valence-electron chi connectivity index (χ0n) is 9.63.